The van der Waals surface area contributed by atoms with Gasteiger partial charge in [0.15, 0.2) is 5.96 Å². The summed E-state index contributed by atoms with van der Waals surface area (Å²) in [7, 11) is 0. The number of hydrogen-bond donors (Lipinski definition) is 1. The lowest BCUT2D eigenvalue weighted by Crippen LogP contribution is -2.47. The summed E-state index contributed by atoms with van der Waals surface area (Å²) in [5.41, 5.74) is -0.481. The molecule has 2 aliphatic rings. The Bertz CT molecular complexity index is 529. The van der Waals surface area contributed by atoms with E-state index in [1.54, 1.807) is 4.90 Å². The molecule has 1 amide bonds. The number of guanidine groups is 1. The smallest absolute Gasteiger partial charge is 0.410 e. The second-order valence-electron chi connectivity index (χ2n) is 8.74. The molecule has 0 aromatic heterocycles. The van der Waals surface area contributed by atoms with Gasteiger partial charge in [-0.25, -0.2) is 4.79 Å². The minimum absolute atomic E-state index is 0.256. The Morgan fingerprint density at radius 3 is 2.55 bits per heavy atom. The fourth-order valence-corrected chi connectivity index (χ4v) is 3.77. The number of carbonyl (C=O) groups is 1. The van der Waals surface area contributed by atoms with Crippen LogP contribution in [-0.2, 0) is 9.47 Å². The third-order valence-corrected chi connectivity index (χ3v) is 5.14. The van der Waals surface area contributed by atoms with Crippen molar-refractivity contribution in [1.82, 2.24) is 20.0 Å². The van der Waals surface area contributed by atoms with Gasteiger partial charge >= 0.3 is 6.09 Å². The van der Waals surface area contributed by atoms with Crippen LogP contribution < -0.4 is 5.32 Å². The number of rotatable bonds is 7. The van der Waals surface area contributed by atoms with Crippen LogP contribution in [0.15, 0.2) is 4.99 Å². The molecular formula is C21H41N5O3. The Labute approximate surface area is 176 Å². The van der Waals surface area contributed by atoms with Crippen LogP contribution in [0.2, 0.25) is 0 Å². The largest absolute Gasteiger partial charge is 0.444 e. The van der Waals surface area contributed by atoms with Gasteiger partial charge < -0.3 is 24.6 Å². The lowest BCUT2D eigenvalue weighted by Gasteiger charge is -2.32. The summed E-state index contributed by atoms with van der Waals surface area (Å²) in [6, 6.07) is 0.570. The highest BCUT2D eigenvalue weighted by Crippen LogP contribution is 2.17. The maximum absolute atomic E-state index is 12.4. The number of carbonyl (C=O) groups excluding carboxylic acids is 1. The van der Waals surface area contributed by atoms with Gasteiger partial charge in [-0.15, -0.1) is 0 Å². The first-order chi connectivity index (χ1) is 13.8. The van der Waals surface area contributed by atoms with Crippen LogP contribution in [0.3, 0.4) is 0 Å². The summed E-state index contributed by atoms with van der Waals surface area (Å²) in [4.78, 5) is 23.9. The van der Waals surface area contributed by atoms with Crippen molar-refractivity contribution >= 4 is 12.1 Å². The van der Waals surface area contributed by atoms with Gasteiger partial charge in [0.05, 0.1) is 19.8 Å². The molecule has 1 N–H and O–H groups in total. The normalized spacial score (nSPS) is 21.3. The van der Waals surface area contributed by atoms with Crippen LogP contribution >= 0.6 is 0 Å². The minimum atomic E-state index is -0.481. The van der Waals surface area contributed by atoms with Crippen LogP contribution in [0.4, 0.5) is 4.79 Å². The molecule has 168 valence electrons. The first-order valence-electron chi connectivity index (χ1n) is 11.2. The number of ether oxygens (including phenoxy) is 2. The first kappa shape index (κ1) is 23.7. The Morgan fingerprint density at radius 2 is 1.93 bits per heavy atom. The van der Waals surface area contributed by atoms with Crippen LogP contribution in [0.1, 0.15) is 47.5 Å². The summed E-state index contributed by atoms with van der Waals surface area (Å²) >= 11 is 0. The molecule has 29 heavy (non-hydrogen) atoms. The predicted octanol–water partition coefficient (Wildman–Crippen LogP) is 2.01. The zero-order valence-corrected chi connectivity index (χ0v) is 19.1. The second-order valence-corrected chi connectivity index (χ2v) is 8.74. The van der Waals surface area contributed by atoms with Gasteiger partial charge in [0.25, 0.3) is 0 Å². The SMILES string of the molecule is CCCN(CCN=C(NCC)N1CCC(N2CCOCC2)C1)C(=O)OC(C)(C)C. The van der Waals surface area contributed by atoms with E-state index in [9.17, 15) is 4.79 Å². The van der Waals surface area contributed by atoms with Crippen molar-refractivity contribution < 1.29 is 14.3 Å². The number of morpholine rings is 1. The molecule has 0 aromatic carbocycles. The molecule has 0 bridgehead atoms. The third-order valence-electron chi connectivity index (χ3n) is 5.14. The summed E-state index contributed by atoms with van der Waals surface area (Å²) in [5.74, 6) is 0.948. The molecule has 0 radical (unpaired) electrons. The molecule has 2 heterocycles. The number of aliphatic imine (C=N–C) groups is 1. The maximum atomic E-state index is 12.4. The van der Waals surface area contributed by atoms with E-state index in [0.29, 0.717) is 25.7 Å². The number of hydrogen-bond acceptors (Lipinski definition) is 5. The molecule has 2 rings (SSSR count). The van der Waals surface area contributed by atoms with Gasteiger partial charge in [0.1, 0.15) is 5.60 Å². The summed E-state index contributed by atoms with van der Waals surface area (Å²) in [5, 5.41) is 3.42. The molecule has 2 saturated heterocycles. The minimum Gasteiger partial charge on any atom is -0.444 e. The first-order valence-corrected chi connectivity index (χ1v) is 11.2. The van der Waals surface area contributed by atoms with Crippen molar-refractivity contribution in [3.8, 4) is 0 Å². The lowest BCUT2D eigenvalue weighted by atomic mass is 10.2. The number of amides is 1. The molecular weight excluding hydrogens is 370 g/mol. The van der Waals surface area contributed by atoms with E-state index in [2.05, 4.69) is 29.0 Å². The zero-order valence-electron chi connectivity index (χ0n) is 19.1. The van der Waals surface area contributed by atoms with Crippen molar-refractivity contribution in [1.29, 1.82) is 0 Å². The molecule has 8 nitrogen and oxygen atoms in total. The maximum Gasteiger partial charge on any atom is 0.410 e. The van der Waals surface area contributed by atoms with Crippen molar-refractivity contribution in [2.45, 2.75) is 59.1 Å². The molecule has 0 spiro atoms. The van der Waals surface area contributed by atoms with Crippen molar-refractivity contribution in [2.75, 3.05) is 65.6 Å². The standard InChI is InChI=1S/C21H41N5O3/c1-6-10-25(20(27)29-21(3,4)5)12-9-23-19(22-7-2)26-11-8-18(17-26)24-13-15-28-16-14-24/h18H,6-17H2,1-5H3,(H,22,23). The quantitative estimate of drug-likeness (QED) is 0.510. The average molecular weight is 412 g/mol. The monoisotopic (exact) mass is 411 g/mol. The van der Waals surface area contributed by atoms with Crippen molar-refractivity contribution in [3.63, 3.8) is 0 Å². The Morgan fingerprint density at radius 1 is 1.21 bits per heavy atom. The van der Waals surface area contributed by atoms with E-state index >= 15 is 0 Å². The van der Waals surface area contributed by atoms with E-state index in [4.69, 9.17) is 14.5 Å². The third kappa shape index (κ3) is 8.01. The van der Waals surface area contributed by atoms with Crippen LogP contribution in [-0.4, -0.2) is 104 Å². The highest BCUT2D eigenvalue weighted by Gasteiger charge is 2.30. The lowest BCUT2D eigenvalue weighted by molar-refractivity contribution is 0.0194. The average Bonchev–Trinajstić information content (AvgIpc) is 3.16. The summed E-state index contributed by atoms with van der Waals surface area (Å²) < 4.78 is 11.0. The van der Waals surface area contributed by atoms with Gasteiger partial charge in [-0.1, -0.05) is 6.92 Å². The van der Waals surface area contributed by atoms with Gasteiger partial charge in [-0.05, 0) is 40.5 Å². The number of nitrogens with one attached hydrogen (secondary N) is 1. The van der Waals surface area contributed by atoms with E-state index in [1.165, 1.54) is 0 Å². The van der Waals surface area contributed by atoms with E-state index in [0.717, 1.165) is 64.7 Å². The van der Waals surface area contributed by atoms with E-state index < -0.39 is 5.60 Å². The van der Waals surface area contributed by atoms with Crippen LogP contribution in [0.5, 0.6) is 0 Å². The predicted molar refractivity (Wildman–Crippen MR) is 116 cm³/mol. The van der Waals surface area contributed by atoms with E-state index in [-0.39, 0.29) is 6.09 Å². The highest BCUT2D eigenvalue weighted by molar-refractivity contribution is 5.80. The van der Waals surface area contributed by atoms with E-state index in [1.807, 2.05) is 20.8 Å². The van der Waals surface area contributed by atoms with Gasteiger partial charge in [-0.2, -0.15) is 0 Å². The van der Waals surface area contributed by atoms with Gasteiger partial charge in [-0.3, -0.25) is 9.89 Å². The molecule has 0 aliphatic carbocycles. The van der Waals surface area contributed by atoms with Gasteiger partial charge in [0, 0.05) is 51.9 Å². The molecule has 2 fully saturated rings. The van der Waals surface area contributed by atoms with Crippen molar-refractivity contribution in [2.24, 2.45) is 4.99 Å². The Balaban J connectivity index is 1.90. The van der Waals surface area contributed by atoms with Gasteiger partial charge in [0.2, 0.25) is 0 Å². The number of likely N-dealkylation sites (tertiary alicyclic amines) is 1. The fourth-order valence-electron chi connectivity index (χ4n) is 3.77. The highest BCUT2D eigenvalue weighted by atomic mass is 16.6. The second kappa shape index (κ2) is 11.6. The van der Waals surface area contributed by atoms with Crippen molar-refractivity contribution in [3.05, 3.63) is 0 Å². The Hall–Kier alpha value is -1.54. The van der Waals surface area contributed by atoms with Crippen LogP contribution in [0, 0.1) is 0 Å². The zero-order chi connectivity index (χ0) is 21.3. The fraction of sp³-hybridized carbons (Fsp3) is 0.905. The molecule has 1 atom stereocenters. The molecule has 2 aliphatic heterocycles. The molecule has 1 unspecified atom stereocenters. The van der Waals surface area contributed by atoms with Crippen LogP contribution in [0.25, 0.3) is 0 Å². The summed E-state index contributed by atoms with van der Waals surface area (Å²) in [6.45, 7) is 18.2. The Kier molecular flexibility index (Phi) is 9.49. The summed E-state index contributed by atoms with van der Waals surface area (Å²) in [6.07, 6.45) is 1.80. The number of nitrogens with zero attached hydrogens (tertiary/aromatic N) is 4. The molecule has 0 saturated carbocycles. The molecule has 8 heteroatoms. The molecule has 0 aromatic rings. The topological polar surface area (TPSA) is 69.6 Å².